The lowest BCUT2D eigenvalue weighted by Gasteiger charge is -2.22. The minimum atomic E-state index is -1.23. The molecule has 0 spiro atoms. The van der Waals surface area contributed by atoms with E-state index in [-0.39, 0.29) is 19.8 Å². The molecular weight excluding hydrogens is 200 g/mol. The van der Waals surface area contributed by atoms with E-state index < -0.39 is 17.4 Å². The van der Waals surface area contributed by atoms with Crippen LogP contribution >= 0.6 is 0 Å². The highest BCUT2D eigenvalue weighted by Crippen LogP contribution is 2.31. The summed E-state index contributed by atoms with van der Waals surface area (Å²) in [7, 11) is 0. The van der Waals surface area contributed by atoms with Gasteiger partial charge < -0.3 is 14.2 Å². The van der Waals surface area contributed by atoms with Gasteiger partial charge in [0, 0.05) is 6.61 Å². The van der Waals surface area contributed by atoms with Crippen molar-refractivity contribution in [2.75, 3.05) is 26.4 Å². The molecular formula is C10H16O5. The Morgan fingerprint density at radius 2 is 1.73 bits per heavy atom. The van der Waals surface area contributed by atoms with Gasteiger partial charge in [0.1, 0.15) is 0 Å². The lowest BCUT2D eigenvalue weighted by Crippen LogP contribution is -2.42. The molecule has 1 rings (SSSR count). The van der Waals surface area contributed by atoms with E-state index in [0.29, 0.717) is 13.0 Å². The van der Waals surface area contributed by atoms with Crippen molar-refractivity contribution in [3.8, 4) is 0 Å². The van der Waals surface area contributed by atoms with Gasteiger partial charge in [-0.05, 0) is 20.3 Å². The van der Waals surface area contributed by atoms with Gasteiger partial charge in [0.2, 0.25) is 0 Å². The molecule has 15 heavy (non-hydrogen) atoms. The van der Waals surface area contributed by atoms with E-state index >= 15 is 0 Å². The average molecular weight is 216 g/mol. The van der Waals surface area contributed by atoms with Crippen LogP contribution in [0.2, 0.25) is 0 Å². The standard InChI is InChI=1S/C10H16O5/c1-3-14-8(11)10(5-6-13-7-10)9(12)15-4-2/h3-7H2,1-2H3. The third-order valence-corrected chi connectivity index (χ3v) is 2.35. The summed E-state index contributed by atoms with van der Waals surface area (Å²) in [5, 5.41) is 0. The Labute approximate surface area is 88.7 Å². The van der Waals surface area contributed by atoms with Crippen molar-refractivity contribution in [1.29, 1.82) is 0 Å². The molecule has 0 aromatic carbocycles. The first-order valence-corrected chi connectivity index (χ1v) is 5.09. The molecule has 0 saturated carbocycles. The molecule has 5 nitrogen and oxygen atoms in total. The normalized spacial score (nSPS) is 18.5. The summed E-state index contributed by atoms with van der Waals surface area (Å²) in [6, 6.07) is 0. The van der Waals surface area contributed by atoms with E-state index in [1.807, 2.05) is 0 Å². The number of esters is 2. The molecule has 0 radical (unpaired) electrons. The third kappa shape index (κ3) is 2.28. The Morgan fingerprint density at radius 3 is 2.07 bits per heavy atom. The average Bonchev–Trinajstić information content (AvgIpc) is 2.68. The van der Waals surface area contributed by atoms with E-state index in [2.05, 4.69) is 0 Å². The van der Waals surface area contributed by atoms with Gasteiger partial charge in [-0.15, -0.1) is 0 Å². The Bertz CT molecular complexity index is 222. The van der Waals surface area contributed by atoms with Crippen LogP contribution in [-0.4, -0.2) is 38.4 Å². The summed E-state index contributed by atoms with van der Waals surface area (Å²) in [6.45, 7) is 4.35. The molecule has 1 fully saturated rings. The predicted molar refractivity (Wildman–Crippen MR) is 51.1 cm³/mol. The Morgan fingerprint density at radius 1 is 1.20 bits per heavy atom. The second-order valence-corrected chi connectivity index (χ2v) is 3.33. The van der Waals surface area contributed by atoms with Crippen LogP contribution in [0.1, 0.15) is 20.3 Å². The van der Waals surface area contributed by atoms with E-state index in [4.69, 9.17) is 14.2 Å². The number of rotatable bonds is 4. The van der Waals surface area contributed by atoms with Gasteiger partial charge in [-0.25, -0.2) is 0 Å². The Hall–Kier alpha value is -1.10. The van der Waals surface area contributed by atoms with Crippen LogP contribution in [0.15, 0.2) is 0 Å². The molecule has 0 aromatic rings. The number of carbonyl (C=O) groups is 2. The molecule has 0 amide bonds. The highest BCUT2D eigenvalue weighted by Gasteiger charge is 2.52. The molecule has 0 aliphatic carbocycles. The van der Waals surface area contributed by atoms with Crippen molar-refractivity contribution in [3.05, 3.63) is 0 Å². The lowest BCUT2D eigenvalue weighted by molar-refractivity contribution is -0.171. The minimum absolute atomic E-state index is 0.0602. The van der Waals surface area contributed by atoms with Crippen molar-refractivity contribution < 1.29 is 23.8 Å². The van der Waals surface area contributed by atoms with Crippen LogP contribution in [0.25, 0.3) is 0 Å². The quantitative estimate of drug-likeness (QED) is 0.506. The molecule has 0 N–H and O–H groups in total. The molecule has 0 atom stereocenters. The minimum Gasteiger partial charge on any atom is -0.465 e. The van der Waals surface area contributed by atoms with Crippen molar-refractivity contribution in [1.82, 2.24) is 0 Å². The van der Waals surface area contributed by atoms with Gasteiger partial charge >= 0.3 is 11.9 Å². The van der Waals surface area contributed by atoms with Crippen molar-refractivity contribution in [3.63, 3.8) is 0 Å². The first kappa shape index (κ1) is 12.0. The van der Waals surface area contributed by atoms with Gasteiger partial charge in [0.25, 0.3) is 0 Å². The van der Waals surface area contributed by atoms with Crippen LogP contribution in [-0.2, 0) is 23.8 Å². The van der Waals surface area contributed by atoms with Crippen molar-refractivity contribution in [2.45, 2.75) is 20.3 Å². The molecule has 1 aliphatic heterocycles. The summed E-state index contributed by atoms with van der Waals surface area (Å²) in [5.74, 6) is -1.08. The zero-order chi connectivity index (χ0) is 11.3. The molecule has 0 bridgehead atoms. The van der Waals surface area contributed by atoms with Crippen LogP contribution in [0, 0.1) is 5.41 Å². The van der Waals surface area contributed by atoms with Crippen LogP contribution in [0.4, 0.5) is 0 Å². The molecule has 0 aromatic heterocycles. The monoisotopic (exact) mass is 216 g/mol. The smallest absolute Gasteiger partial charge is 0.325 e. The van der Waals surface area contributed by atoms with Gasteiger partial charge in [0.05, 0.1) is 19.8 Å². The lowest BCUT2D eigenvalue weighted by atomic mass is 9.87. The predicted octanol–water partition coefficient (Wildman–Crippen LogP) is 0.519. The van der Waals surface area contributed by atoms with Crippen molar-refractivity contribution in [2.24, 2.45) is 5.41 Å². The van der Waals surface area contributed by atoms with Crippen LogP contribution < -0.4 is 0 Å². The van der Waals surface area contributed by atoms with E-state index in [1.165, 1.54) is 0 Å². The summed E-state index contributed by atoms with van der Waals surface area (Å²) in [4.78, 5) is 23.4. The molecule has 1 heterocycles. The highest BCUT2D eigenvalue weighted by molar-refractivity contribution is 6.00. The summed E-state index contributed by atoms with van der Waals surface area (Å²) < 4.78 is 14.8. The van der Waals surface area contributed by atoms with E-state index in [1.54, 1.807) is 13.8 Å². The molecule has 1 saturated heterocycles. The fourth-order valence-electron chi connectivity index (χ4n) is 1.51. The number of ether oxygens (including phenoxy) is 3. The number of carbonyl (C=O) groups excluding carboxylic acids is 2. The van der Waals surface area contributed by atoms with Crippen LogP contribution in [0.5, 0.6) is 0 Å². The highest BCUT2D eigenvalue weighted by atomic mass is 16.6. The SMILES string of the molecule is CCOC(=O)C1(C(=O)OCC)CCOC1. The number of hydrogen-bond donors (Lipinski definition) is 0. The third-order valence-electron chi connectivity index (χ3n) is 2.35. The maximum Gasteiger partial charge on any atom is 0.325 e. The maximum atomic E-state index is 11.7. The topological polar surface area (TPSA) is 61.8 Å². The van der Waals surface area contributed by atoms with Crippen molar-refractivity contribution >= 4 is 11.9 Å². The van der Waals surface area contributed by atoms with Gasteiger partial charge in [-0.1, -0.05) is 0 Å². The van der Waals surface area contributed by atoms with Gasteiger partial charge in [0.15, 0.2) is 5.41 Å². The van der Waals surface area contributed by atoms with E-state index in [0.717, 1.165) is 0 Å². The summed E-state index contributed by atoms with van der Waals surface area (Å²) in [6.07, 6.45) is 0.338. The molecule has 86 valence electrons. The fraction of sp³-hybridized carbons (Fsp3) is 0.800. The summed E-state index contributed by atoms with van der Waals surface area (Å²) in [5.41, 5.74) is -1.23. The second kappa shape index (κ2) is 5.11. The van der Waals surface area contributed by atoms with Gasteiger partial charge in [-0.3, -0.25) is 9.59 Å². The largest absolute Gasteiger partial charge is 0.465 e. The first-order valence-electron chi connectivity index (χ1n) is 5.09. The second-order valence-electron chi connectivity index (χ2n) is 3.33. The zero-order valence-electron chi connectivity index (χ0n) is 9.08. The first-order chi connectivity index (χ1) is 7.17. The number of hydrogen-bond acceptors (Lipinski definition) is 5. The Kier molecular flexibility index (Phi) is 4.08. The maximum absolute atomic E-state index is 11.7. The fourth-order valence-corrected chi connectivity index (χ4v) is 1.51. The molecule has 5 heteroatoms. The van der Waals surface area contributed by atoms with Crippen LogP contribution in [0.3, 0.4) is 0 Å². The summed E-state index contributed by atoms with van der Waals surface area (Å²) >= 11 is 0. The molecule has 1 aliphatic rings. The van der Waals surface area contributed by atoms with Gasteiger partial charge in [-0.2, -0.15) is 0 Å². The molecule has 0 unspecified atom stereocenters. The zero-order valence-corrected chi connectivity index (χ0v) is 9.08. The van der Waals surface area contributed by atoms with E-state index in [9.17, 15) is 9.59 Å². The Balaban J connectivity index is 2.78.